The number of aromatic nitrogens is 1. The van der Waals surface area contributed by atoms with Crippen molar-refractivity contribution in [1.29, 1.82) is 0 Å². The highest BCUT2D eigenvalue weighted by atomic mass is 19.1. The van der Waals surface area contributed by atoms with Gasteiger partial charge in [0, 0.05) is 37.2 Å². The van der Waals surface area contributed by atoms with Crippen LogP contribution in [0.3, 0.4) is 0 Å². The second kappa shape index (κ2) is 6.50. The van der Waals surface area contributed by atoms with Gasteiger partial charge in [-0.3, -0.25) is 4.98 Å². The number of anilines is 1. The molecule has 1 aliphatic heterocycles. The second-order valence-corrected chi connectivity index (χ2v) is 5.69. The van der Waals surface area contributed by atoms with Gasteiger partial charge in [-0.2, -0.15) is 0 Å². The molecule has 0 bridgehead atoms. The lowest BCUT2D eigenvalue weighted by atomic mass is 10.1. The molecule has 1 N–H and O–H groups in total. The quantitative estimate of drug-likeness (QED) is 0.877. The van der Waals surface area contributed by atoms with Gasteiger partial charge in [0.2, 0.25) is 0 Å². The highest BCUT2D eigenvalue weighted by Gasteiger charge is 2.28. The van der Waals surface area contributed by atoms with Gasteiger partial charge in [0.25, 0.3) is 0 Å². The third-order valence-electron chi connectivity index (χ3n) is 4.16. The molecular weight excluding hydrogens is 299 g/mol. The molecule has 2 aromatic rings. The second-order valence-electron chi connectivity index (χ2n) is 5.69. The van der Waals surface area contributed by atoms with E-state index >= 15 is 0 Å². The summed E-state index contributed by atoms with van der Waals surface area (Å²) in [6.45, 7) is 3.43. The number of esters is 1. The van der Waals surface area contributed by atoms with Crippen LogP contribution in [0.15, 0.2) is 24.4 Å². The van der Waals surface area contributed by atoms with E-state index in [0.29, 0.717) is 35.2 Å². The van der Waals surface area contributed by atoms with Crippen molar-refractivity contribution in [1.82, 2.24) is 4.98 Å². The van der Waals surface area contributed by atoms with Crippen LogP contribution in [0.2, 0.25) is 0 Å². The van der Waals surface area contributed by atoms with Crippen molar-refractivity contribution in [2.45, 2.75) is 13.3 Å². The molecule has 0 saturated carbocycles. The summed E-state index contributed by atoms with van der Waals surface area (Å²) in [6, 6.07) is 4.35. The van der Waals surface area contributed by atoms with Crippen molar-refractivity contribution in [3.8, 4) is 0 Å². The number of fused-ring (bicyclic) bond motifs is 1. The topological polar surface area (TPSA) is 62.7 Å². The highest BCUT2D eigenvalue weighted by Crippen LogP contribution is 2.34. The zero-order valence-electron chi connectivity index (χ0n) is 13.0. The van der Waals surface area contributed by atoms with Crippen LogP contribution in [-0.2, 0) is 4.74 Å². The minimum Gasteiger partial charge on any atom is -0.462 e. The van der Waals surface area contributed by atoms with E-state index in [1.807, 2.05) is 4.90 Å². The molecular formula is C17H19FN2O3. The van der Waals surface area contributed by atoms with Crippen LogP contribution in [0.4, 0.5) is 10.1 Å². The molecule has 6 heteroatoms. The summed E-state index contributed by atoms with van der Waals surface area (Å²) < 4.78 is 18.8. The van der Waals surface area contributed by atoms with Crippen LogP contribution >= 0.6 is 0 Å². The molecule has 1 aromatic heterocycles. The number of carbonyl (C=O) groups is 1. The Morgan fingerprint density at radius 3 is 3.04 bits per heavy atom. The first-order chi connectivity index (χ1) is 11.1. The van der Waals surface area contributed by atoms with Crippen LogP contribution in [-0.4, -0.2) is 42.4 Å². The third kappa shape index (κ3) is 2.99. The third-order valence-corrected chi connectivity index (χ3v) is 4.16. The van der Waals surface area contributed by atoms with Crippen LogP contribution < -0.4 is 4.90 Å². The van der Waals surface area contributed by atoms with E-state index < -0.39 is 5.97 Å². The smallest absolute Gasteiger partial charge is 0.341 e. The standard InChI is InChI=1S/C17H19FN2O3/c1-2-23-17(22)14-8-19-15-4-3-12(18)7-13(15)16(14)20-6-5-11(9-20)10-21/h3-4,7-8,11,21H,2,5-6,9-10H2,1H3. The maximum Gasteiger partial charge on any atom is 0.341 e. The minimum atomic E-state index is -0.464. The molecule has 1 aromatic carbocycles. The first-order valence-corrected chi connectivity index (χ1v) is 7.75. The predicted molar refractivity (Wildman–Crippen MR) is 85.1 cm³/mol. The van der Waals surface area contributed by atoms with Gasteiger partial charge >= 0.3 is 5.97 Å². The van der Waals surface area contributed by atoms with Crippen molar-refractivity contribution in [2.24, 2.45) is 5.92 Å². The summed E-state index contributed by atoms with van der Waals surface area (Å²) in [5.74, 6) is -0.685. The minimum absolute atomic E-state index is 0.0998. The number of carbonyl (C=O) groups excluding carboxylic acids is 1. The van der Waals surface area contributed by atoms with E-state index in [2.05, 4.69) is 4.98 Å². The summed E-state index contributed by atoms with van der Waals surface area (Å²) in [7, 11) is 0. The molecule has 1 aliphatic rings. The molecule has 1 fully saturated rings. The maximum absolute atomic E-state index is 13.7. The molecule has 2 heterocycles. The SMILES string of the molecule is CCOC(=O)c1cnc2ccc(F)cc2c1N1CCC(CO)C1. The number of benzene rings is 1. The Hall–Kier alpha value is -2.21. The Morgan fingerprint density at radius 1 is 1.52 bits per heavy atom. The molecule has 23 heavy (non-hydrogen) atoms. The number of halogens is 1. The Bertz CT molecular complexity index is 735. The highest BCUT2D eigenvalue weighted by molar-refractivity contribution is 6.05. The van der Waals surface area contributed by atoms with Crippen molar-refractivity contribution >= 4 is 22.6 Å². The van der Waals surface area contributed by atoms with Crippen LogP contribution in [0.5, 0.6) is 0 Å². The number of rotatable bonds is 4. The largest absolute Gasteiger partial charge is 0.462 e. The number of nitrogens with zero attached hydrogens (tertiary/aromatic N) is 2. The fraction of sp³-hybridized carbons (Fsp3) is 0.412. The summed E-state index contributed by atoms with van der Waals surface area (Å²) in [5.41, 5.74) is 1.61. The molecule has 1 atom stereocenters. The van der Waals surface area contributed by atoms with Crippen LogP contribution in [0, 0.1) is 11.7 Å². The number of hydrogen-bond donors (Lipinski definition) is 1. The molecule has 0 spiro atoms. The average Bonchev–Trinajstić information content (AvgIpc) is 3.02. The van der Waals surface area contributed by atoms with Gasteiger partial charge < -0.3 is 14.7 Å². The maximum atomic E-state index is 13.7. The van der Waals surface area contributed by atoms with Gasteiger partial charge in [-0.15, -0.1) is 0 Å². The summed E-state index contributed by atoms with van der Waals surface area (Å²) in [6.07, 6.45) is 2.32. The lowest BCUT2D eigenvalue weighted by Gasteiger charge is -2.23. The van der Waals surface area contributed by atoms with E-state index in [1.165, 1.54) is 18.3 Å². The number of hydrogen-bond acceptors (Lipinski definition) is 5. The van der Waals surface area contributed by atoms with Gasteiger partial charge in [0.15, 0.2) is 0 Å². The zero-order valence-corrected chi connectivity index (χ0v) is 13.0. The summed E-state index contributed by atoms with van der Waals surface area (Å²) in [4.78, 5) is 18.5. The molecule has 1 saturated heterocycles. The lowest BCUT2D eigenvalue weighted by Crippen LogP contribution is -2.24. The zero-order chi connectivity index (χ0) is 16.4. The fourth-order valence-corrected chi connectivity index (χ4v) is 3.03. The Kier molecular flexibility index (Phi) is 4.43. The number of aliphatic hydroxyl groups excluding tert-OH is 1. The van der Waals surface area contributed by atoms with Crippen molar-refractivity contribution < 1.29 is 19.0 Å². The molecule has 0 aliphatic carbocycles. The lowest BCUT2D eigenvalue weighted by molar-refractivity contribution is 0.0527. The van der Waals surface area contributed by atoms with Gasteiger partial charge in [-0.25, -0.2) is 9.18 Å². The molecule has 3 rings (SSSR count). The Morgan fingerprint density at radius 2 is 2.35 bits per heavy atom. The molecule has 1 unspecified atom stereocenters. The van der Waals surface area contributed by atoms with Crippen LogP contribution in [0.1, 0.15) is 23.7 Å². The van der Waals surface area contributed by atoms with Crippen molar-refractivity contribution in [3.63, 3.8) is 0 Å². The van der Waals surface area contributed by atoms with Gasteiger partial charge in [-0.1, -0.05) is 0 Å². The first kappa shape index (κ1) is 15.7. The average molecular weight is 318 g/mol. The number of aliphatic hydroxyl groups is 1. The molecule has 0 amide bonds. The van der Waals surface area contributed by atoms with E-state index in [1.54, 1.807) is 13.0 Å². The first-order valence-electron chi connectivity index (χ1n) is 7.75. The Labute approximate surface area is 133 Å². The number of pyridine rings is 1. The van der Waals surface area contributed by atoms with Crippen LogP contribution in [0.25, 0.3) is 10.9 Å². The fourth-order valence-electron chi connectivity index (χ4n) is 3.03. The van der Waals surface area contributed by atoms with Gasteiger partial charge in [0.1, 0.15) is 11.4 Å². The monoisotopic (exact) mass is 318 g/mol. The van der Waals surface area contributed by atoms with E-state index in [-0.39, 0.29) is 24.9 Å². The normalized spacial score (nSPS) is 17.7. The van der Waals surface area contributed by atoms with Crippen molar-refractivity contribution in [3.05, 3.63) is 35.8 Å². The number of ether oxygens (including phenoxy) is 1. The van der Waals surface area contributed by atoms with E-state index in [4.69, 9.17) is 4.74 Å². The molecule has 122 valence electrons. The summed E-state index contributed by atoms with van der Waals surface area (Å²) in [5, 5.41) is 9.95. The molecule has 0 radical (unpaired) electrons. The summed E-state index contributed by atoms with van der Waals surface area (Å²) >= 11 is 0. The van der Waals surface area contributed by atoms with E-state index in [9.17, 15) is 14.3 Å². The van der Waals surface area contributed by atoms with Gasteiger partial charge in [-0.05, 0) is 31.5 Å². The predicted octanol–water partition coefficient (Wildman–Crippen LogP) is 2.37. The Balaban J connectivity index is 2.15. The van der Waals surface area contributed by atoms with Crippen molar-refractivity contribution in [2.75, 3.05) is 31.2 Å². The van der Waals surface area contributed by atoms with E-state index in [0.717, 1.165) is 6.42 Å². The molecule has 5 nitrogen and oxygen atoms in total. The van der Waals surface area contributed by atoms with Gasteiger partial charge in [0.05, 0.1) is 17.8 Å².